The number of ketones is 1. The summed E-state index contributed by atoms with van der Waals surface area (Å²) in [4.78, 5) is 11.9. The van der Waals surface area contributed by atoms with E-state index >= 15 is 0 Å². The van der Waals surface area contributed by atoms with Gasteiger partial charge in [-0.05, 0) is 18.5 Å². The first-order chi connectivity index (χ1) is 8.24. The predicted octanol–water partition coefficient (Wildman–Crippen LogP) is 3.85. The van der Waals surface area contributed by atoms with E-state index in [1.54, 1.807) is 0 Å². The van der Waals surface area contributed by atoms with E-state index in [1.807, 2.05) is 13.8 Å². The molecule has 0 aromatic carbocycles. The average Bonchev–Trinajstić information content (AvgIpc) is 2.26. The summed E-state index contributed by atoms with van der Waals surface area (Å²) in [7, 11) is -2.88. The van der Waals surface area contributed by atoms with Crippen LogP contribution in [-0.2, 0) is 4.79 Å². The van der Waals surface area contributed by atoms with Crippen molar-refractivity contribution in [3.8, 4) is 0 Å². The predicted molar refractivity (Wildman–Crippen MR) is 84.1 cm³/mol. The molecule has 0 aliphatic carbocycles. The fourth-order valence-corrected chi connectivity index (χ4v) is 13.8. The quantitative estimate of drug-likeness (QED) is 0.580. The Balaban J connectivity index is 3.09. The molecule has 0 aromatic rings. The van der Waals surface area contributed by atoms with Crippen LogP contribution in [0.15, 0.2) is 5.10 Å². The molecule has 0 aromatic heterocycles. The number of Topliss-reactive ketones (excluding diaryl/α,β-unsaturated/α-hetero) is 1. The van der Waals surface area contributed by atoms with Crippen LogP contribution in [0.2, 0.25) is 38.3 Å². The fourth-order valence-electron chi connectivity index (χ4n) is 2.90. The van der Waals surface area contributed by atoms with Gasteiger partial charge in [0.25, 0.3) is 0 Å². The van der Waals surface area contributed by atoms with Crippen LogP contribution >= 0.6 is 0 Å². The maximum atomic E-state index is 11.9. The van der Waals surface area contributed by atoms with E-state index in [1.165, 1.54) is 18.5 Å². The normalized spacial score (nSPS) is 23.0. The smallest absolute Gasteiger partial charge is 0.178 e. The lowest BCUT2D eigenvalue weighted by molar-refractivity contribution is -0.112. The van der Waals surface area contributed by atoms with Gasteiger partial charge in [-0.25, -0.2) is 0 Å². The second-order valence-corrected chi connectivity index (χ2v) is 16.0. The van der Waals surface area contributed by atoms with Gasteiger partial charge in [-0.3, -0.25) is 4.79 Å². The van der Waals surface area contributed by atoms with E-state index in [2.05, 4.69) is 30.5 Å². The topological polar surface area (TPSA) is 32.7 Å². The van der Waals surface area contributed by atoms with Crippen molar-refractivity contribution in [3.05, 3.63) is 0 Å². The molecule has 18 heavy (non-hydrogen) atoms. The third-order valence-electron chi connectivity index (χ3n) is 3.92. The Hall–Kier alpha value is -0.426. The highest BCUT2D eigenvalue weighted by molar-refractivity contribution is 6.91. The van der Waals surface area contributed by atoms with Crippen molar-refractivity contribution in [1.29, 1.82) is 0 Å². The Morgan fingerprint density at radius 3 is 1.94 bits per heavy atom. The van der Waals surface area contributed by atoms with E-state index in [0.717, 1.165) is 12.1 Å². The van der Waals surface area contributed by atoms with Crippen molar-refractivity contribution in [2.45, 2.75) is 71.4 Å². The maximum absolute atomic E-state index is 11.9. The average molecular weight is 285 g/mol. The second kappa shape index (κ2) is 5.69. The number of carbonyl (C=O) groups is 1. The highest BCUT2D eigenvalue weighted by Gasteiger charge is 2.44. The van der Waals surface area contributed by atoms with Gasteiger partial charge in [-0.1, -0.05) is 46.5 Å². The summed E-state index contributed by atoms with van der Waals surface area (Å²) < 4.78 is 2.45. The molecule has 1 saturated heterocycles. The lowest BCUT2D eigenvalue weighted by Gasteiger charge is -2.49. The molecular weight excluding hydrogens is 256 g/mol. The van der Waals surface area contributed by atoms with Crippen molar-refractivity contribution >= 4 is 28.0 Å². The molecule has 0 saturated carbocycles. The number of carbonyl (C=O) groups excluding carboxylic acids is 1. The van der Waals surface area contributed by atoms with Crippen molar-refractivity contribution in [2.24, 2.45) is 5.10 Å². The Labute approximate surface area is 114 Å². The summed E-state index contributed by atoms with van der Waals surface area (Å²) >= 11 is 0. The standard InChI is InChI=1S/C13H28N2OSi2/c1-7-12(13(16)8-2)14-15-17(3,4)10-9-11-18(15,5)6/h7-11H2,1-6H3. The molecule has 0 radical (unpaired) electrons. The minimum atomic E-state index is -1.44. The summed E-state index contributed by atoms with van der Waals surface area (Å²) in [5.74, 6) is 0.220. The summed E-state index contributed by atoms with van der Waals surface area (Å²) in [5, 5.41) is 4.85. The van der Waals surface area contributed by atoms with Gasteiger partial charge in [-0.2, -0.15) is 5.10 Å². The van der Waals surface area contributed by atoms with Crippen molar-refractivity contribution in [2.75, 3.05) is 0 Å². The van der Waals surface area contributed by atoms with Gasteiger partial charge in [0.15, 0.2) is 22.3 Å². The van der Waals surface area contributed by atoms with Gasteiger partial charge in [0.1, 0.15) is 5.71 Å². The second-order valence-electron chi connectivity index (χ2n) is 6.47. The zero-order valence-electron chi connectivity index (χ0n) is 12.8. The van der Waals surface area contributed by atoms with E-state index in [4.69, 9.17) is 5.10 Å². The van der Waals surface area contributed by atoms with Crippen LogP contribution in [0.5, 0.6) is 0 Å². The molecule has 0 atom stereocenters. The number of nitrogens with zero attached hydrogens (tertiary/aromatic N) is 2. The van der Waals surface area contributed by atoms with Crippen LogP contribution in [-0.4, -0.2) is 32.3 Å². The van der Waals surface area contributed by atoms with Gasteiger partial charge in [0.05, 0.1) is 0 Å². The first-order valence-electron chi connectivity index (χ1n) is 7.15. The van der Waals surface area contributed by atoms with E-state index in [-0.39, 0.29) is 5.78 Å². The molecule has 1 heterocycles. The first kappa shape index (κ1) is 15.6. The third kappa shape index (κ3) is 3.32. The summed E-state index contributed by atoms with van der Waals surface area (Å²) in [6.45, 7) is 13.6. The van der Waals surface area contributed by atoms with E-state index < -0.39 is 16.5 Å². The SMILES string of the molecule is CCC(=O)C(CC)=NN1[Si](C)(C)CCC[Si]1(C)C. The van der Waals surface area contributed by atoms with Gasteiger partial charge in [0, 0.05) is 6.42 Å². The molecule has 0 N–H and O–H groups in total. The monoisotopic (exact) mass is 284 g/mol. The van der Waals surface area contributed by atoms with Gasteiger partial charge in [-0.15, -0.1) is 0 Å². The maximum Gasteiger partial charge on any atom is 0.178 e. The Kier molecular flexibility index (Phi) is 4.94. The molecule has 0 bridgehead atoms. The third-order valence-corrected chi connectivity index (χ3v) is 13.2. The zero-order valence-corrected chi connectivity index (χ0v) is 14.8. The fraction of sp³-hybridized carbons (Fsp3) is 0.846. The molecule has 0 spiro atoms. The molecule has 0 unspecified atom stereocenters. The van der Waals surface area contributed by atoms with Crippen LogP contribution in [0.4, 0.5) is 0 Å². The van der Waals surface area contributed by atoms with Crippen molar-refractivity contribution in [1.82, 2.24) is 4.34 Å². The van der Waals surface area contributed by atoms with Crippen LogP contribution < -0.4 is 0 Å². The molecule has 5 heteroatoms. The minimum Gasteiger partial charge on any atom is -0.349 e. The van der Waals surface area contributed by atoms with Crippen LogP contribution in [0.3, 0.4) is 0 Å². The van der Waals surface area contributed by atoms with Crippen LogP contribution in [0, 0.1) is 0 Å². The highest BCUT2D eigenvalue weighted by atomic mass is 28.4. The lowest BCUT2D eigenvalue weighted by atomic mass is 10.1. The molecule has 104 valence electrons. The van der Waals surface area contributed by atoms with E-state index in [9.17, 15) is 4.79 Å². The number of hydrazone groups is 1. The number of hydrogen-bond acceptors (Lipinski definition) is 3. The molecule has 1 aliphatic rings. The Bertz CT molecular complexity index is 335. The van der Waals surface area contributed by atoms with Gasteiger partial charge in [0.2, 0.25) is 0 Å². The van der Waals surface area contributed by atoms with E-state index in [0.29, 0.717) is 6.42 Å². The largest absolute Gasteiger partial charge is 0.349 e. The Morgan fingerprint density at radius 1 is 1.06 bits per heavy atom. The lowest BCUT2D eigenvalue weighted by Crippen LogP contribution is -2.62. The first-order valence-corrected chi connectivity index (χ1v) is 13.5. The van der Waals surface area contributed by atoms with Crippen molar-refractivity contribution in [3.63, 3.8) is 0 Å². The van der Waals surface area contributed by atoms with Crippen LogP contribution in [0.1, 0.15) is 33.1 Å². The number of rotatable bonds is 4. The number of hydrogen-bond donors (Lipinski definition) is 0. The molecule has 3 nitrogen and oxygen atoms in total. The molecule has 1 rings (SSSR count). The molecular formula is C13H28N2OSi2. The van der Waals surface area contributed by atoms with Gasteiger partial charge >= 0.3 is 0 Å². The molecule has 1 fully saturated rings. The summed E-state index contributed by atoms with van der Waals surface area (Å²) in [6.07, 6.45) is 2.69. The molecule has 0 amide bonds. The summed E-state index contributed by atoms with van der Waals surface area (Å²) in [6, 6.07) is 2.62. The van der Waals surface area contributed by atoms with Crippen molar-refractivity contribution < 1.29 is 4.79 Å². The highest BCUT2D eigenvalue weighted by Crippen LogP contribution is 2.35. The van der Waals surface area contributed by atoms with Crippen LogP contribution in [0.25, 0.3) is 0 Å². The zero-order chi connectivity index (χ0) is 14.0. The minimum absolute atomic E-state index is 0.220. The molecule has 1 aliphatic heterocycles. The Morgan fingerprint density at radius 2 is 1.56 bits per heavy atom. The van der Waals surface area contributed by atoms with Gasteiger partial charge < -0.3 is 4.34 Å². The summed E-state index contributed by atoms with van der Waals surface area (Å²) in [5.41, 5.74) is 0.792.